The lowest BCUT2D eigenvalue weighted by atomic mass is 10.2. The van der Waals surface area contributed by atoms with Gasteiger partial charge >= 0.3 is 0 Å². The van der Waals surface area contributed by atoms with Crippen molar-refractivity contribution in [2.45, 2.75) is 20.4 Å². The summed E-state index contributed by atoms with van der Waals surface area (Å²) in [5, 5.41) is 1.25. The number of fused-ring (bicyclic) bond motifs is 1. The van der Waals surface area contributed by atoms with Crippen molar-refractivity contribution in [2.75, 3.05) is 6.61 Å². The molecule has 2 heteroatoms. The third kappa shape index (κ3) is 1.48. The predicted molar refractivity (Wildman–Crippen MR) is 58.8 cm³/mol. The molecular weight excluding hydrogens is 174 g/mol. The van der Waals surface area contributed by atoms with Gasteiger partial charge in [-0.2, -0.15) is 0 Å². The van der Waals surface area contributed by atoms with Crippen molar-refractivity contribution in [2.24, 2.45) is 0 Å². The van der Waals surface area contributed by atoms with E-state index in [0.717, 1.165) is 18.9 Å². The third-order valence-corrected chi connectivity index (χ3v) is 2.39. The van der Waals surface area contributed by atoms with Crippen molar-refractivity contribution in [1.29, 1.82) is 0 Å². The maximum absolute atomic E-state index is 5.45. The zero-order valence-corrected chi connectivity index (χ0v) is 8.66. The Morgan fingerprint density at radius 3 is 2.79 bits per heavy atom. The molecule has 0 N–H and O–H groups in total. The Labute approximate surface area is 84.1 Å². The van der Waals surface area contributed by atoms with Crippen LogP contribution in [0.25, 0.3) is 10.9 Å². The van der Waals surface area contributed by atoms with E-state index in [1.165, 1.54) is 10.9 Å². The van der Waals surface area contributed by atoms with Crippen LogP contribution in [0.2, 0.25) is 0 Å². The van der Waals surface area contributed by atoms with Crippen LogP contribution in [0.3, 0.4) is 0 Å². The SMILES string of the molecule is CCOc1ccc2c(ccn2CC)c1. The van der Waals surface area contributed by atoms with E-state index in [0.29, 0.717) is 0 Å². The van der Waals surface area contributed by atoms with Crippen LogP contribution in [0.5, 0.6) is 5.75 Å². The highest BCUT2D eigenvalue weighted by Gasteiger charge is 2.00. The minimum atomic E-state index is 0.722. The fourth-order valence-electron chi connectivity index (χ4n) is 1.71. The lowest BCUT2D eigenvalue weighted by Crippen LogP contribution is -1.92. The zero-order valence-electron chi connectivity index (χ0n) is 8.66. The second-order valence-electron chi connectivity index (χ2n) is 3.26. The lowest BCUT2D eigenvalue weighted by Gasteiger charge is -2.04. The molecule has 2 nitrogen and oxygen atoms in total. The van der Waals surface area contributed by atoms with Crippen LogP contribution >= 0.6 is 0 Å². The van der Waals surface area contributed by atoms with Gasteiger partial charge in [0.25, 0.3) is 0 Å². The molecular formula is C12H15NO. The molecule has 74 valence electrons. The third-order valence-electron chi connectivity index (χ3n) is 2.39. The molecule has 0 saturated carbocycles. The lowest BCUT2D eigenvalue weighted by molar-refractivity contribution is 0.340. The molecule has 1 aromatic heterocycles. The van der Waals surface area contributed by atoms with E-state index in [1.807, 2.05) is 13.0 Å². The van der Waals surface area contributed by atoms with Crippen molar-refractivity contribution in [3.05, 3.63) is 30.5 Å². The minimum Gasteiger partial charge on any atom is -0.494 e. The molecule has 2 aromatic rings. The summed E-state index contributed by atoms with van der Waals surface area (Å²) in [7, 11) is 0. The molecule has 0 radical (unpaired) electrons. The number of benzene rings is 1. The Hall–Kier alpha value is -1.44. The number of hydrogen-bond donors (Lipinski definition) is 0. The first kappa shape index (κ1) is 9.13. The van der Waals surface area contributed by atoms with E-state index in [9.17, 15) is 0 Å². The van der Waals surface area contributed by atoms with Crippen molar-refractivity contribution in [3.63, 3.8) is 0 Å². The highest BCUT2D eigenvalue weighted by atomic mass is 16.5. The van der Waals surface area contributed by atoms with Crippen LogP contribution in [0, 0.1) is 0 Å². The molecule has 0 spiro atoms. The number of aryl methyl sites for hydroxylation is 1. The summed E-state index contributed by atoms with van der Waals surface area (Å²) in [6, 6.07) is 8.36. The fourth-order valence-corrected chi connectivity index (χ4v) is 1.71. The van der Waals surface area contributed by atoms with Gasteiger partial charge in [0.2, 0.25) is 0 Å². The normalized spacial score (nSPS) is 10.7. The molecule has 1 aromatic carbocycles. The molecule has 0 aliphatic rings. The molecule has 0 bridgehead atoms. The van der Waals surface area contributed by atoms with Gasteiger partial charge in [-0.15, -0.1) is 0 Å². The smallest absolute Gasteiger partial charge is 0.120 e. The van der Waals surface area contributed by atoms with Gasteiger partial charge in [-0.1, -0.05) is 0 Å². The van der Waals surface area contributed by atoms with Crippen molar-refractivity contribution >= 4 is 10.9 Å². The maximum Gasteiger partial charge on any atom is 0.120 e. The molecule has 0 aliphatic heterocycles. The van der Waals surface area contributed by atoms with Crippen LogP contribution < -0.4 is 4.74 Å². The van der Waals surface area contributed by atoms with E-state index < -0.39 is 0 Å². The second kappa shape index (κ2) is 3.74. The van der Waals surface area contributed by atoms with Gasteiger partial charge in [-0.25, -0.2) is 0 Å². The number of hydrogen-bond acceptors (Lipinski definition) is 1. The van der Waals surface area contributed by atoms with E-state index in [-0.39, 0.29) is 0 Å². The summed E-state index contributed by atoms with van der Waals surface area (Å²) in [5.74, 6) is 0.953. The summed E-state index contributed by atoms with van der Waals surface area (Å²) in [6.07, 6.45) is 2.11. The number of aromatic nitrogens is 1. The molecule has 0 saturated heterocycles. The van der Waals surface area contributed by atoms with Crippen molar-refractivity contribution in [3.8, 4) is 5.75 Å². The van der Waals surface area contributed by atoms with Crippen LogP contribution in [0.15, 0.2) is 30.5 Å². The molecule has 0 unspecified atom stereocenters. The zero-order chi connectivity index (χ0) is 9.97. The molecule has 1 heterocycles. The summed E-state index contributed by atoms with van der Waals surface area (Å²) < 4.78 is 7.67. The standard InChI is InChI=1S/C12H15NO/c1-3-13-8-7-10-9-11(14-4-2)5-6-12(10)13/h5-9H,3-4H2,1-2H3. The van der Waals surface area contributed by atoms with Gasteiger partial charge in [-0.3, -0.25) is 0 Å². The number of ether oxygens (including phenoxy) is 1. The van der Waals surface area contributed by atoms with Crippen LogP contribution in [0.1, 0.15) is 13.8 Å². The molecule has 14 heavy (non-hydrogen) atoms. The van der Waals surface area contributed by atoms with Crippen LogP contribution in [0.4, 0.5) is 0 Å². The fraction of sp³-hybridized carbons (Fsp3) is 0.333. The van der Waals surface area contributed by atoms with Gasteiger partial charge in [-0.05, 0) is 38.1 Å². The highest BCUT2D eigenvalue weighted by Crippen LogP contribution is 2.21. The first-order valence-corrected chi connectivity index (χ1v) is 5.07. The average Bonchev–Trinajstić information content (AvgIpc) is 2.60. The quantitative estimate of drug-likeness (QED) is 0.723. The topological polar surface area (TPSA) is 14.2 Å². The van der Waals surface area contributed by atoms with Crippen LogP contribution in [-0.4, -0.2) is 11.2 Å². The Morgan fingerprint density at radius 2 is 2.07 bits per heavy atom. The molecule has 0 atom stereocenters. The van der Waals surface area contributed by atoms with E-state index in [2.05, 4.69) is 35.9 Å². The highest BCUT2D eigenvalue weighted by molar-refractivity contribution is 5.81. The van der Waals surface area contributed by atoms with Gasteiger partial charge in [0, 0.05) is 23.6 Å². The largest absolute Gasteiger partial charge is 0.494 e. The number of nitrogens with zero attached hydrogens (tertiary/aromatic N) is 1. The predicted octanol–water partition coefficient (Wildman–Crippen LogP) is 3.06. The summed E-state index contributed by atoms with van der Waals surface area (Å²) in [5.41, 5.74) is 1.27. The van der Waals surface area contributed by atoms with Gasteiger partial charge in [0.1, 0.15) is 5.75 Å². The van der Waals surface area contributed by atoms with E-state index >= 15 is 0 Å². The van der Waals surface area contributed by atoms with Crippen molar-refractivity contribution < 1.29 is 4.74 Å². The van der Waals surface area contributed by atoms with E-state index in [1.54, 1.807) is 0 Å². The summed E-state index contributed by atoms with van der Waals surface area (Å²) in [6.45, 7) is 5.88. The molecule has 0 aliphatic carbocycles. The first-order valence-electron chi connectivity index (χ1n) is 5.07. The number of rotatable bonds is 3. The molecule has 0 fully saturated rings. The Kier molecular flexibility index (Phi) is 2.44. The first-order chi connectivity index (χ1) is 6.85. The second-order valence-corrected chi connectivity index (χ2v) is 3.26. The Morgan fingerprint density at radius 1 is 1.21 bits per heavy atom. The van der Waals surface area contributed by atoms with Gasteiger partial charge in [0.05, 0.1) is 6.61 Å². The average molecular weight is 189 g/mol. The molecule has 0 amide bonds. The van der Waals surface area contributed by atoms with Gasteiger partial charge in [0.15, 0.2) is 0 Å². The molecule has 2 rings (SSSR count). The Bertz CT molecular complexity index is 431. The Balaban J connectivity index is 2.46. The summed E-state index contributed by atoms with van der Waals surface area (Å²) in [4.78, 5) is 0. The van der Waals surface area contributed by atoms with E-state index in [4.69, 9.17) is 4.74 Å². The van der Waals surface area contributed by atoms with Crippen molar-refractivity contribution in [1.82, 2.24) is 4.57 Å². The van der Waals surface area contributed by atoms with Crippen LogP contribution in [-0.2, 0) is 6.54 Å². The van der Waals surface area contributed by atoms with Gasteiger partial charge < -0.3 is 9.30 Å². The minimum absolute atomic E-state index is 0.722. The monoisotopic (exact) mass is 189 g/mol. The summed E-state index contributed by atoms with van der Waals surface area (Å²) >= 11 is 0. The maximum atomic E-state index is 5.45.